The molecule has 1 aromatic carbocycles. The highest BCUT2D eigenvalue weighted by Crippen LogP contribution is 2.39. The number of anilines is 1. The Morgan fingerprint density at radius 1 is 1.38 bits per heavy atom. The number of carbonyl (C=O) groups excluding carboxylic acids is 1. The molecule has 0 spiro atoms. The van der Waals surface area contributed by atoms with Crippen LogP contribution in [0.1, 0.15) is 52.2 Å². The predicted molar refractivity (Wildman–Crippen MR) is 110 cm³/mol. The zero-order valence-corrected chi connectivity index (χ0v) is 16.5. The van der Waals surface area contributed by atoms with E-state index < -0.39 is 0 Å². The summed E-state index contributed by atoms with van der Waals surface area (Å²) in [6.45, 7) is 4.30. The van der Waals surface area contributed by atoms with E-state index >= 15 is 0 Å². The van der Waals surface area contributed by atoms with Gasteiger partial charge in [-0.3, -0.25) is 10.1 Å². The van der Waals surface area contributed by atoms with E-state index in [9.17, 15) is 10.1 Å². The van der Waals surface area contributed by atoms with Gasteiger partial charge in [0.25, 0.3) is 5.91 Å². The molecule has 4 nitrogen and oxygen atoms in total. The summed E-state index contributed by atoms with van der Waals surface area (Å²) in [5.74, 6) is 0.386. The van der Waals surface area contributed by atoms with E-state index in [4.69, 9.17) is 12.2 Å². The number of nitrogens with one attached hydrogen (secondary N) is 2. The summed E-state index contributed by atoms with van der Waals surface area (Å²) in [7, 11) is 0. The van der Waals surface area contributed by atoms with Crippen molar-refractivity contribution in [3.05, 3.63) is 51.4 Å². The van der Waals surface area contributed by atoms with Crippen LogP contribution in [0, 0.1) is 17.2 Å². The topological polar surface area (TPSA) is 64.9 Å². The predicted octanol–water partition coefficient (Wildman–Crippen LogP) is 4.43. The first kappa shape index (κ1) is 18.6. The maximum atomic E-state index is 12.3. The van der Waals surface area contributed by atoms with Gasteiger partial charge in [-0.05, 0) is 67.1 Å². The molecule has 6 heteroatoms. The zero-order chi connectivity index (χ0) is 18.7. The quantitative estimate of drug-likeness (QED) is 0.770. The van der Waals surface area contributed by atoms with Crippen LogP contribution in [-0.2, 0) is 19.3 Å². The molecule has 1 aromatic heterocycles. The Hall–Kier alpha value is -2.23. The third kappa shape index (κ3) is 3.95. The van der Waals surface area contributed by atoms with Gasteiger partial charge in [0.1, 0.15) is 11.1 Å². The number of rotatable bonds is 3. The fraction of sp³-hybridized carbons (Fsp3) is 0.350. The lowest BCUT2D eigenvalue weighted by molar-refractivity contribution is 0.0977. The first-order chi connectivity index (χ1) is 12.5. The van der Waals surface area contributed by atoms with Gasteiger partial charge < -0.3 is 5.32 Å². The minimum Gasteiger partial charge on any atom is -0.323 e. The van der Waals surface area contributed by atoms with Gasteiger partial charge in [-0.1, -0.05) is 26.0 Å². The molecule has 1 atom stereocenters. The van der Waals surface area contributed by atoms with Crippen molar-refractivity contribution in [2.75, 3.05) is 5.32 Å². The van der Waals surface area contributed by atoms with Gasteiger partial charge in [0.15, 0.2) is 5.11 Å². The van der Waals surface area contributed by atoms with Crippen molar-refractivity contribution in [3.8, 4) is 6.07 Å². The summed E-state index contributed by atoms with van der Waals surface area (Å²) in [5.41, 5.74) is 3.55. The molecule has 1 aliphatic carbocycles. The summed E-state index contributed by atoms with van der Waals surface area (Å²) in [4.78, 5) is 13.6. The molecule has 1 aliphatic rings. The van der Waals surface area contributed by atoms with Crippen LogP contribution in [0.3, 0.4) is 0 Å². The third-order valence-corrected chi connectivity index (χ3v) is 6.08. The van der Waals surface area contributed by atoms with E-state index in [-0.39, 0.29) is 11.0 Å². The van der Waals surface area contributed by atoms with E-state index in [1.54, 1.807) is 23.5 Å². The van der Waals surface area contributed by atoms with Crippen molar-refractivity contribution < 1.29 is 4.79 Å². The molecule has 0 saturated heterocycles. The van der Waals surface area contributed by atoms with Crippen molar-refractivity contribution in [2.24, 2.45) is 5.92 Å². The van der Waals surface area contributed by atoms with E-state index in [1.807, 2.05) is 12.1 Å². The number of nitriles is 1. The molecule has 1 unspecified atom stereocenters. The van der Waals surface area contributed by atoms with Gasteiger partial charge in [-0.25, -0.2) is 0 Å². The molecule has 1 amide bonds. The summed E-state index contributed by atoms with van der Waals surface area (Å²) in [6, 6.07) is 9.76. The highest BCUT2D eigenvalue weighted by atomic mass is 32.1. The maximum absolute atomic E-state index is 12.3. The maximum Gasteiger partial charge on any atom is 0.257 e. The lowest BCUT2D eigenvalue weighted by atomic mass is 9.89. The lowest BCUT2D eigenvalue weighted by Crippen LogP contribution is -2.34. The number of aryl methyl sites for hydroxylation is 1. The second-order valence-corrected chi connectivity index (χ2v) is 8.14. The van der Waals surface area contributed by atoms with Crippen molar-refractivity contribution in [1.29, 1.82) is 5.26 Å². The molecular weight excluding hydrogens is 362 g/mol. The van der Waals surface area contributed by atoms with Crippen LogP contribution in [-0.4, -0.2) is 11.0 Å². The van der Waals surface area contributed by atoms with Gasteiger partial charge in [-0.2, -0.15) is 5.26 Å². The molecule has 0 radical (unpaired) electrons. The Kier molecular flexibility index (Phi) is 5.70. The molecular formula is C20H21N3OS2. The van der Waals surface area contributed by atoms with Gasteiger partial charge >= 0.3 is 0 Å². The molecule has 2 aromatic rings. The molecule has 1 heterocycles. The standard InChI is InChI=1S/C20H21N3OS2/c1-3-13-5-7-14(8-6-13)18(24)22-20(25)23-19-16(11-21)15-9-4-12(2)10-17(15)26-19/h5-8,12H,3-4,9-10H2,1-2H3,(H2,22,23,24,25). The molecule has 26 heavy (non-hydrogen) atoms. The monoisotopic (exact) mass is 383 g/mol. The highest BCUT2D eigenvalue weighted by Gasteiger charge is 2.24. The number of carbonyl (C=O) groups is 1. The van der Waals surface area contributed by atoms with Crippen molar-refractivity contribution >= 4 is 39.6 Å². The molecule has 0 aliphatic heterocycles. The van der Waals surface area contributed by atoms with Crippen molar-refractivity contribution in [2.45, 2.75) is 39.5 Å². The highest BCUT2D eigenvalue weighted by molar-refractivity contribution is 7.80. The van der Waals surface area contributed by atoms with Crippen LogP contribution in [0.15, 0.2) is 24.3 Å². The number of benzene rings is 1. The van der Waals surface area contributed by atoms with E-state index in [0.29, 0.717) is 17.0 Å². The first-order valence-electron chi connectivity index (χ1n) is 8.77. The number of thiophene rings is 1. The van der Waals surface area contributed by atoms with Crippen LogP contribution in [0.25, 0.3) is 0 Å². The molecule has 0 saturated carbocycles. The van der Waals surface area contributed by atoms with Gasteiger partial charge in [0.05, 0.1) is 5.56 Å². The fourth-order valence-corrected chi connectivity index (χ4v) is 4.78. The number of thiocarbonyl (C=S) groups is 1. The molecule has 134 valence electrons. The zero-order valence-electron chi connectivity index (χ0n) is 14.9. The Labute approximate surface area is 163 Å². The average molecular weight is 384 g/mol. The Morgan fingerprint density at radius 2 is 2.12 bits per heavy atom. The molecule has 3 rings (SSSR count). The van der Waals surface area contributed by atoms with Crippen molar-refractivity contribution in [3.63, 3.8) is 0 Å². The van der Waals surface area contributed by atoms with E-state index in [1.165, 1.54) is 10.4 Å². The minimum absolute atomic E-state index is 0.220. The smallest absolute Gasteiger partial charge is 0.257 e. The Morgan fingerprint density at radius 3 is 2.77 bits per heavy atom. The number of hydrogen-bond donors (Lipinski definition) is 2. The molecule has 0 fully saturated rings. The minimum atomic E-state index is -0.251. The van der Waals surface area contributed by atoms with Crippen LogP contribution >= 0.6 is 23.6 Å². The van der Waals surface area contributed by atoms with Gasteiger partial charge in [-0.15, -0.1) is 11.3 Å². The number of amides is 1. The normalized spacial score (nSPS) is 15.7. The molecule has 0 bridgehead atoms. The van der Waals surface area contributed by atoms with Crippen LogP contribution in [0.5, 0.6) is 0 Å². The average Bonchev–Trinajstić information content (AvgIpc) is 2.97. The van der Waals surface area contributed by atoms with Crippen LogP contribution < -0.4 is 10.6 Å². The Balaban J connectivity index is 1.70. The van der Waals surface area contributed by atoms with Crippen LogP contribution in [0.4, 0.5) is 5.00 Å². The second kappa shape index (κ2) is 7.98. The third-order valence-electron chi connectivity index (χ3n) is 4.70. The summed E-state index contributed by atoms with van der Waals surface area (Å²) >= 11 is 6.86. The first-order valence-corrected chi connectivity index (χ1v) is 10.00. The molecule has 2 N–H and O–H groups in total. The van der Waals surface area contributed by atoms with Crippen LogP contribution in [0.2, 0.25) is 0 Å². The van der Waals surface area contributed by atoms with E-state index in [0.717, 1.165) is 36.2 Å². The summed E-state index contributed by atoms with van der Waals surface area (Å²) in [6.07, 6.45) is 3.97. The van der Waals surface area contributed by atoms with Gasteiger partial charge in [0.2, 0.25) is 0 Å². The fourth-order valence-electron chi connectivity index (χ4n) is 3.16. The summed E-state index contributed by atoms with van der Waals surface area (Å²) < 4.78 is 0. The van der Waals surface area contributed by atoms with Gasteiger partial charge in [0, 0.05) is 10.4 Å². The lowest BCUT2D eigenvalue weighted by Gasteiger charge is -2.17. The number of fused-ring (bicyclic) bond motifs is 1. The Bertz CT molecular complexity index is 878. The largest absolute Gasteiger partial charge is 0.323 e. The second-order valence-electron chi connectivity index (χ2n) is 6.63. The van der Waals surface area contributed by atoms with Crippen molar-refractivity contribution in [1.82, 2.24) is 5.32 Å². The number of nitrogens with zero attached hydrogens (tertiary/aromatic N) is 1. The number of hydrogen-bond acceptors (Lipinski definition) is 4. The van der Waals surface area contributed by atoms with E-state index in [2.05, 4.69) is 30.6 Å². The SMILES string of the molecule is CCc1ccc(C(=O)NC(=S)Nc2sc3c(c2C#N)CCC(C)C3)cc1. The summed E-state index contributed by atoms with van der Waals surface area (Å²) in [5, 5.41) is 16.2.